The van der Waals surface area contributed by atoms with Gasteiger partial charge in [-0.3, -0.25) is 0 Å². The SMILES string of the molecule is COC[C@H]1CC[C@H](n2c([C@@H](C)O)nc3cnc4[nH]ccc4c32)CC1. The summed E-state index contributed by atoms with van der Waals surface area (Å²) in [6, 6.07) is 2.42. The van der Waals surface area contributed by atoms with Crippen molar-refractivity contribution in [2.24, 2.45) is 5.92 Å². The number of aromatic amines is 1. The minimum atomic E-state index is -0.594. The number of aliphatic hydroxyl groups is 1. The van der Waals surface area contributed by atoms with Crippen LogP contribution in [-0.2, 0) is 4.74 Å². The van der Waals surface area contributed by atoms with Crippen LogP contribution in [0, 0.1) is 5.92 Å². The summed E-state index contributed by atoms with van der Waals surface area (Å²) < 4.78 is 7.58. The van der Waals surface area contributed by atoms with Crippen molar-refractivity contribution >= 4 is 22.1 Å². The minimum Gasteiger partial charge on any atom is -0.385 e. The molecule has 1 aliphatic carbocycles. The van der Waals surface area contributed by atoms with E-state index in [1.165, 1.54) is 0 Å². The molecule has 3 heterocycles. The minimum absolute atomic E-state index is 0.369. The maximum atomic E-state index is 10.3. The molecule has 3 aromatic rings. The van der Waals surface area contributed by atoms with Crippen LogP contribution in [0.3, 0.4) is 0 Å². The van der Waals surface area contributed by atoms with Crippen LogP contribution in [0.25, 0.3) is 22.1 Å². The van der Waals surface area contributed by atoms with Crippen LogP contribution < -0.4 is 0 Å². The van der Waals surface area contributed by atoms with Crippen molar-refractivity contribution < 1.29 is 9.84 Å². The Kier molecular flexibility index (Phi) is 4.02. The normalized spacial score (nSPS) is 23.1. The summed E-state index contributed by atoms with van der Waals surface area (Å²) in [6.07, 6.45) is 7.60. The Labute approximate surface area is 140 Å². The summed E-state index contributed by atoms with van der Waals surface area (Å²) in [5.74, 6) is 1.39. The summed E-state index contributed by atoms with van der Waals surface area (Å²) >= 11 is 0. The molecule has 2 N–H and O–H groups in total. The molecule has 128 valence electrons. The Bertz CT molecular complexity index is 843. The zero-order valence-electron chi connectivity index (χ0n) is 14.2. The van der Waals surface area contributed by atoms with Crippen molar-refractivity contribution in [3.05, 3.63) is 24.3 Å². The second kappa shape index (κ2) is 6.18. The number of pyridine rings is 1. The predicted molar refractivity (Wildman–Crippen MR) is 92.9 cm³/mol. The molecule has 0 amide bonds. The molecule has 6 heteroatoms. The summed E-state index contributed by atoms with van der Waals surface area (Å²) in [6.45, 7) is 2.63. The first-order chi connectivity index (χ1) is 11.7. The lowest BCUT2D eigenvalue weighted by molar-refractivity contribution is 0.117. The topological polar surface area (TPSA) is 76.0 Å². The summed E-state index contributed by atoms with van der Waals surface area (Å²) in [5.41, 5.74) is 2.82. The highest BCUT2D eigenvalue weighted by molar-refractivity contribution is 6.01. The first kappa shape index (κ1) is 15.6. The largest absolute Gasteiger partial charge is 0.385 e. The van der Waals surface area contributed by atoms with Crippen molar-refractivity contribution in [1.29, 1.82) is 0 Å². The molecule has 6 nitrogen and oxygen atoms in total. The van der Waals surface area contributed by atoms with E-state index >= 15 is 0 Å². The molecule has 1 atom stereocenters. The lowest BCUT2D eigenvalue weighted by Crippen LogP contribution is -2.22. The predicted octanol–water partition coefficient (Wildman–Crippen LogP) is 3.34. The van der Waals surface area contributed by atoms with Gasteiger partial charge in [-0.05, 0) is 44.6 Å². The molecule has 1 aliphatic rings. The van der Waals surface area contributed by atoms with Gasteiger partial charge in [-0.15, -0.1) is 0 Å². The van der Waals surface area contributed by atoms with Crippen molar-refractivity contribution in [2.75, 3.05) is 13.7 Å². The van der Waals surface area contributed by atoms with Gasteiger partial charge in [0, 0.05) is 31.3 Å². The van der Waals surface area contributed by atoms with Gasteiger partial charge in [-0.25, -0.2) is 9.97 Å². The fourth-order valence-corrected chi connectivity index (χ4v) is 4.08. The lowest BCUT2D eigenvalue weighted by Gasteiger charge is -2.30. The Morgan fingerprint density at radius 3 is 2.88 bits per heavy atom. The van der Waals surface area contributed by atoms with Gasteiger partial charge in [0.15, 0.2) is 0 Å². The summed E-state index contributed by atoms with van der Waals surface area (Å²) in [7, 11) is 1.77. The smallest absolute Gasteiger partial charge is 0.139 e. The van der Waals surface area contributed by atoms with Gasteiger partial charge in [-0.2, -0.15) is 0 Å². The zero-order valence-corrected chi connectivity index (χ0v) is 14.2. The molecule has 0 radical (unpaired) electrons. The van der Waals surface area contributed by atoms with E-state index in [1.807, 2.05) is 12.3 Å². The fraction of sp³-hybridized carbons (Fsp3) is 0.556. The van der Waals surface area contributed by atoms with Gasteiger partial charge in [-0.1, -0.05) is 0 Å². The average Bonchev–Trinajstić information content (AvgIpc) is 3.19. The molecule has 4 rings (SSSR count). The number of H-pyrrole nitrogens is 1. The van der Waals surface area contributed by atoms with Crippen molar-refractivity contribution in [2.45, 2.75) is 44.8 Å². The highest BCUT2D eigenvalue weighted by atomic mass is 16.5. The molecule has 24 heavy (non-hydrogen) atoms. The second-order valence-corrected chi connectivity index (χ2v) is 6.88. The van der Waals surface area contributed by atoms with Gasteiger partial charge < -0.3 is 19.4 Å². The van der Waals surface area contributed by atoms with Crippen LogP contribution in [0.4, 0.5) is 0 Å². The van der Waals surface area contributed by atoms with E-state index in [0.717, 1.165) is 60.2 Å². The number of nitrogens with one attached hydrogen (secondary N) is 1. The molecular weight excluding hydrogens is 304 g/mol. The summed E-state index contributed by atoms with van der Waals surface area (Å²) in [4.78, 5) is 12.3. The number of rotatable bonds is 4. The van der Waals surface area contributed by atoms with E-state index in [2.05, 4.69) is 19.5 Å². The first-order valence-corrected chi connectivity index (χ1v) is 8.70. The third-order valence-corrected chi connectivity index (χ3v) is 5.22. The zero-order chi connectivity index (χ0) is 16.7. The van der Waals surface area contributed by atoms with Crippen molar-refractivity contribution in [1.82, 2.24) is 19.5 Å². The van der Waals surface area contributed by atoms with Gasteiger partial charge in [0.1, 0.15) is 23.1 Å². The van der Waals surface area contributed by atoms with Crippen LogP contribution in [0.15, 0.2) is 18.5 Å². The monoisotopic (exact) mass is 328 g/mol. The Morgan fingerprint density at radius 2 is 2.17 bits per heavy atom. The average molecular weight is 328 g/mol. The van der Waals surface area contributed by atoms with Crippen molar-refractivity contribution in [3.63, 3.8) is 0 Å². The third-order valence-electron chi connectivity index (χ3n) is 5.22. The van der Waals surface area contributed by atoms with Crippen LogP contribution in [0.5, 0.6) is 0 Å². The number of hydrogen-bond donors (Lipinski definition) is 2. The molecule has 0 saturated heterocycles. The molecule has 0 aliphatic heterocycles. The van der Waals surface area contributed by atoms with Crippen LogP contribution in [0.2, 0.25) is 0 Å². The molecule has 1 fully saturated rings. The quantitative estimate of drug-likeness (QED) is 0.770. The van der Waals surface area contributed by atoms with Gasteiger partial charge in [0.2, 0.25) is 0 Å². The molecule has 1 saturated carbocycles. The van der Waals surface area contributed by atoms with Gasteiger partial charge in [0.05, 0.1) is 11.7 Å². The third kappa shape index (κ3) is 2.50. The standard InChI is InChI=1S/C18H24N4O2/c1-11(23)18-21-15-9-20-17-14(7-8-19-17)16(15)22(18)13-5-3-12(4-6-13)10-24-2/h7-9,11-13,23H,3-6,10H2,1-2H3,(H,19,20)/t11-,12-,13-/m1/s1. The Morgan fingerprint density at radius 1 is 1.38 bits per heavy atom. The van der Waals surface area contributed by atoms with E-state index in [0.29, 0.717) is 12.0 Å². The second-order valence-electron chi connectivity index (χ2n) is 6.88. The van der Waals surface area contributed by atoms with Crippen LogP contribution in [0.1, 0.15) is 50.6 Å². The highest BCUT2D eigenvalue weighted by Crippen LogP contribution is 2.38. The highest BCUT2D eigenvalue weighted by Gasteiger charge is 2.28. The van der Waals surface area contributed by atoms with Crippen LogP contribution in [-0.4, -0.2) is 38.3 Å². The number of aliphatic hydroxyl groups excluding tert-OH is 1. The number of methoxy groups -OCH3 is 1. The van der Waals surface area contributed by atoms with Crippen LogP contribution >= 0.6 is 0 Å². The number of nitrogens with zero attached hydrogens (tertiary/aromatic N) is 3. The summed E-state index contributed by atoms with van der Waals surface area (Å²) in [5, 5.41) is 11.3. The number of hydrogen-bond acceptors (Lipinski definition) is 4. The Balaban J connectivity index is 1.81. The molecule has 0 spiro atoms. The number of aromatic nitrogens is 4. The number of ether oxygens (including phenoxy) is 1. The number of imidazole rings is 1. The van der Waals surface area contributed by atoms with E-state index in [9.17, 15) is 5.11 Å². The molecule has 0 unspecified atom stereocenters. The van der Waals surface area contributed by atoms with E-state index in [4.69, 9.17) is 4.74 Å². The maximum absolute atomic E-state index is 10.3. The molecule has 3 aromatic heterocycles. The van der Waals surface area contributed by atoms with E-state index in [1.54, 1.807) is 20.2 Å². The fourth-order valence-electron chi connectivity index (χ4n) is 4.08. The first-order valence-electron chi connectivity index (χ1n) is 8.70. The van der Waals surface area contributed by atoms with E-state index < -0.39 is 6.10 Å². The van der Waals surface area contributed by atoms with Gasteiger partial charge >= 0.3 is 0 Å². The number of fused-ring (bicyclic) bond motifs is 3. The molecule has 0 bridgehead atoms. The van der Waals surface area contributed by atoms with E-state index in [-0.39, 0.29) is 0 Å². The van der Waals surface area contributed by atoms with Gasteiger partial charge in [0.25, 0.3) is 0 Å². The molecule has 0 aromatic carbocycles. The van der Waals surface area contributed by atoms with Crippen molar-refractivity contribution in [3.8, 4) is 0 Å². The Hall–Kier alpha value is -1.92. The molecular formula is C18H24N4O2. The lowest BCUT2D eigenvalue weighted by atomic mass is 9.86. The maximum Gasteiger partial charge on any atom is 0.139 e.